The monoisotopic (exact) mass is 878 g/mol. The van der Waals surface area contributed by atoms with Gasteiger partial charge in [-0.3, -0.25) is 0 Å². The molecule has 13 aromatic rings. The highest BCUT2D eigenvalue weighted by Crippen LogP contribution is 2.64. The van der Waals surface area contributed by atoms with Crippen molar-refractivity contribution in [2.24, 2.45) is 0 Å². The summed E-state index contributed by atoms with van der Waals surface area (Å²) in [5.74, 6) is 1.77. The highest BCUT2D eigenvalue weighted by atomic mass is 16.3. The molecule has 0 unspecified atom stereocenters. The average Bonchev–Trinajstić information content (AvgIpc) is 4.15. The third-order valence-electron chi connectivity index (χ3n) is 14.7. The van der Waals surface area contributed by atoms with Crippen LogP contribution in [-0.2, 0) is 5.41 Å². The van der Waals surface area contributed by atoms with Gasteiger partial charge >= 0.3 is 0 Å². The van der Waals surface area contributed by atoms with Gasteiger partial charge in [0.25, 0.3) is 0 Å². The molecule has 320 valence electrons. The molecule has 0 radical (unpaired) electrons. The van der Waals surface area contributed by atoms with Gasteiger partial charge in [0.05, 0.1) is 22.0 Å². The Morgan fingerprint density at radius 2 is 0.913 bits per heavy atom. The highest BCUT2D eigenvalue weighted by Gasteiger charge is 2.52. The Balaban J connectivity index is 0.996. The zero-order chi connectivity index (χ0) is 45.2. The van der Waals surface area contributed by atoms with Crippen molar-refractivity contribution in [2.75, 3.05) is 0 Å². The van der Waals surface area contributed by atoms with E-state index < -0.39 is 5.41 Å². The number of hydrogen-bond donors (Lipinski definition) is 0. The normalized spacial score (nSPS) is 13.0. The topological polar surface area (TPSA) is 56.7 Å². The number of nitrogens with zero attached hydrogens (tertiary/aromatic N) is 4. The Labute approximate surface area is 397 Å². The molecule has 2 aliphatic rings. The lowest BCUT2D eigenvalue weighted by Crippen LogP contribution is -2.25. The van der Waals surface area contributed by atoms with E-state index in [0.717, 1.165) is 49.8 Å². The summed E-state index contributed by atoms with van der Waals surface area (Å²) in [5.41, 5.74) is 19.9. The quantitative estimate of drug-likeness (QED) is 0.173. The third-order valence-corrected chi connectivity index (χ3v) is 14.7. The van der Waals surface area contributed by atoms with E-state index in [1.54, 1.807) is 0 Å². The molecule has 3 heterocycles. The molecule has 0 atom stereocenters. The van der Waals surface area contributed by atoms with E-state index in [1.807, 2.05) is 60.7 Å². The van der Waals surface area contributed by atoms with E-state index in [4.69, 9.17) is 19.4 Å². The first kappa shape index (κ1) is 38.0. The number of furan rings is 1. The second kappa shape index (κ2) is 14.4. The fraction of sp³-hybridized carbons (Fsp3) is 0.0156. The van der Waals surface area contributed by atoms with Crippen LogP contribution in [0.2, 0.25) is 0 Å². The van der Waals surface area contributed by atoms with Gasteiger partial charge in [0.15, 0.2) is 17.5 Å². The lowest BCUT2D eigenvalue weighted by molar-refractivity contribution is 0.669. The van der Waals surface area contributed by atoms with Crippen LogP contribution in [-0.4, -0.2) is 19.5 Å². The van der Waals surface area contributed by atoms with Gasteiger partial charge in [-0.25, -0.2) is 15.0 Å². The first-order valence-corrected chi connectivity index (χ1v) is 23.5. The minimum Gasteiger partial charge on any atom is -0.455 e. The number of fused-ring (bicyclic) bond motifs is 17. The zero-order valence-corrected chi connectivity index (χ0v) is 37.1. The molecule has 10 aromatic carbocycles. The molecule has 0 N–H and O–H groups in total. The minimum absolute atomic E-state index is 0.472. The maximum atomic E-state index is 6.88. The fourth-order valence-electron chi connectivity index (χ4n) is 11.8. The molecular formula is C64H38N4O. The molecule has 0 saturated carbocycles. The zero-order valence-electron chi connectivity index (χ0n) is 37.1. The summed E-state index contributed by atoms with van der Waals surface area (Å²) in [4.78, 5) is 15.2. The van der Waals surface area contributed by atoms with Gasteiger partial charge in [0, 0.05) is 43.9 Å². The Hall–Kier alpha value is -9.19. The summed E-state index contributed by atoms with van der Waals surface area (Å²) >= 11 is 0. The molecule has 0 bridgehead atoms. The number of aromatic nitrogens is 4. The van der Waals surface area contributed by atoms with Gasteiger partial charge in [0.1, 0.15) is 11.2 Å². The molecule has 0 saturated heterocycles. The molecule has 69 heavy (non-hydrogen) atoms. The second-order valence-corrected chi connectivity index (χ2v) is 18.2. The number of para-hydroxylation sites is 1. The standard InChI is InChI=1S/C64H38N4O/c1-4-17-39(18-5-1)42-31-35-56-50(37-42)46-33-34-55-58(48-25-12-15-30-54(48)64(55)52-28-13-10-23-44(52)45-24-11-14-29-53(45)64)59(46)68(56)43-32-36-57-51(38-43)47-26-16-27-49(60(47)69-57)63-66-61(40-19-6-2-7-20-40)65-62(67-63)41-21-8-3-9-22-41/h1-38H. The van der Waals surface area contributed by atoms with E-state index >= 15 is 0 Å². The van der Waals surface area contributed by atoms with Crippen molar-refractivity contribution < 1.29 is 4.42 Å². The maximum Gasteiger partial charge on any atom is 0.167 e. The van der Waals surface area contributed by atoms with Crippen molar-refractivity contribution in [1.82, 2.24) is 19.5 Å². The molecular weight excluding hydrogens is 841 g/mol. The van der Waals surface area contributed by atoms with E-state index in [2.05, 4.69) is 174 Å². The van der Waals surface area contributed by atoms with Gasteiger partial charge in [-0.15, -0.1) is 0 Å². The Morgan fingerprint density at radius 3 is 1.58 bits per heavy atom. The Kier molecular flexibility index (Phi) is 7.93. The summed E-state index contributed by atoms with van der Waals surface area (Å²) in [6, 6.07) is 82.8. The molecule has 15 rings (SSSR count). The third kappa shape index (κ3) is 5.32. The first-order chi connectivity index (χ1) is 34.2. The summed E-state index contributed by atoms with van der Waals surface area (Å²) in [7, 11) is 0. The molecule has 1 spiro atoms. The molecule has 0 aliphatic heterocycles. The van der Waals surface area contributed by atoms with Crippen LogP contribution in [0.25, 0.3) is 117 Å². The number of benzene rings is 10. The SMILES string of the molecule is c1ccc(-c2ccc3c(c2)c2ccc4c(c2n3-c2ccc3oc5c(-c6nc(-c7ccccc7)nc(-c7ccccc7)n6)cccc5c3c2)-c2ccccc2C42c3ccccc3-c3ccccc32)cc1. The smallest absolute Gasteiger partial charge is 0.167 e. The van der Waals surface area contributed by atoms with Crippen LogP contribution < -0.4 is 0 Å². The van der Waals surface area contributed by atoms with Gasteiger partial charge < -0.3 is 8.98 Å². The van der Waals surface area contributed by atoms with E-state index in [-0.39, 0.29) is 0 Å². The first-order valence-electron chi connectivity index (χ1n) is 23.5. The lowest BCUT2D eigenvalue weighted by atomic mass is 9.70. The van der Waals surface area contributed by atoms with Crippen molar-refractivity contribution in [3.63, 3.8) is 0 Å². The minimum atomic E-state index is -0.472. The van der Waals surface area contributed by atoms with Crippen LogP contribution in [0.3, 0.4) is 0 Å². The average molecular weight is 879 g/mol. The lowest BCUT2D eigenvalue weighted by Gasteiger charge is -2.30. The summed E-state index contributed by atoms with van der Waals surface area (Å²) < 4.78 is 9.39. The maximum absolute atomic E-state index is 6.88. The second-order valence-electron chi connectivity index (χ2n) is 18.2. The van der Waals surface area contributed by atoms with Crippen molar-refractivity contribution in [1.29, 1.82) is 0 Å². The molecule has 0 amide bonds. The van der Waals surface area contributed by atoms with E-state index in [9.17, 15) is 0 Å². The van der Waals surface area contributed by atoms with Crippen LogP contribution in [0.4, 0.5) is 0 Å². The fourth-order valence-corrected chi connectivity index (χ4v) is 11.8. The van der Waals surface area contributed by atoms with Crippen LogP contribution >= 0.6 is 0 Å². The molecule has 3 aromatic heterocycles. The van der Waals surface area contributed by atoms with Gasteiger partial charge in [-0.2, -0.15) is 0 Å². The Morgan fingerprint density at radius 1 is 0.348 bits per heavy atom. The number of rotatable bonds is 5. The molecule has 0 fully saturated rings. The predicted octanol–water partition coefficient (Wildman–Crippen LogP) is 15.9. The highest BCUT2D eigenvalue weighted by molar-refractivity contribution is 6.18. The van der Waals surface area contributed by atoms with Crippen molar-refractivity contribution in [2.45, 2.75) is 5.41 Å². The predicted molar refractivity (Wildman–Crippen MR) is 279 cm³/mol. The van der Waals surface area contributed by atoms with Gasteiger partial charge in [-0.05, 0) is 86.5 Å². The van der Waals surface area contributed by atoms with Crippen molar-refractivity contribution in [3.05, 3.63) is 253 Å². The van der Waals surface area contributed by atoms with Crippen molar-refractivity contribution in [3.8, 4) is 73.2 Å². The van der Waals surface area contributed by atoms with Crippen LogP contribution in [0.15, 0.2) is 235 Å². The summed E-state index contributed by atoms with van der Waals surface area (Å²) in [6.45, 7) is 0. The largest absolute Gasteiger partial charge is 0.455 e. The van der Waals surface area contributed by atoms with Crippen LogP contribution in [0.5, 0.6) is 0 Å². The van der Waals surface area contributed by atoms with Crippen LogP contribution in [0, 0.1) is 0 Å². The van der Waals surface area contributed by atoms with E-state index in [0.29, 0.717) is 17.5 Å². The van der Waals surface area contributed by atoms with Crippen LogP contribution in [0.1, 0.15) is 22.3 Å². The molecule has 2 aliphatic carbocycles. The molecule has 5 nitrogen and oxygen atoms in total. The Bertz CT molecular complexity index is 4140. The van der Waals surface area contributed by atoms with E-state index in [1.165, 1.54) is 71.9 Å². The molecule has 5 heteroatoms. The summed E-state index contributed by atoms with van der Waals surface area (Å²) in [6.07, 6.45) is 0. The van der Waals surface area contributed by atoms with Gasteiger partial charge in [-0.1, -0.05) is 194 Å². The summed E-state index contributed by atoms with van der Waals surface area (Å²) in [5, 5.41) is 4.43. The number of hydrogen-bond acceptors (Lipinski definition) is 4. The van der Waals surface area contributed by atoms with Crippen molar-refractivity contribution >= 4 is 43.7 Å². The van der Waals surface area contributed by atoms with Gasteiger partial charge in [0.2, 0.25) is 0 Å².